The van der Waals surface area contributed by atoms with Crippen molar-refractivity contribution < 1.29 is 0 Å². The Balaban J connectivity index is 0.00000348. The molecule has 4 nitrogen and oxygen atoms in total. The molecule has 5 heteroatoms. The molecule has 0 saturated carbocycles. The van der Waals surface area contributed by atoms with E-state index in [0.717, 1.165) is 83.9 Å². The van der Waals surface area contributed by atoms with Crippen LogP contribution in [0.15, 0.2) is 152 Å². The topological polar surface area (TPSA) is 46.5 Å². The molecule has 1 N–H and O–H groups in total. The molecule has 5 heterocycles. The van der Waals surface area contributed by atoms with E-state index in [0.29, 0.717) is 0 Å². The Labute approximate surface area is 297 Å². The van der Waals surface area contributed by atoms with Gasteiger partial charge in [0.05, 0.1) is 33.8 Å². The Morgan fingerprint density at radius 3 is 1.49 bits per heavy atom. The molecule has 0 unspecified atom stereocenters. The van der Waals surface area contributed by atoms with Crippen LogP contribution in [0.3, 0.4) is 0 Å². The Hall–Kier alpha value is -5.92. The average molecular weight is 622 g/mol. The number of hydrogen-bond donors (Lipinski definition) is 1. The normalized spacial score (nSPS) is 11.8. The molecule has 0 saturated heterocycles. The average Bonchev–Trinajstić information content (AvgIpc) is 3.95. The molecule has 0 aliphatic carbocycles. The van der Waals surface area contributed by atoms with E-state index in [1.807, 2.05) is 0 Å². The van der Waals surface area contributed by atoms with E-state index in [1.165, 1.54) is 0 Å². The van der Waals surface area contributed by atoms with Gasteiger partial charge in [0.2, 0.25) is 0 Å². The summed E-state index contributed by atoms with van der Waals surface area (Å²) < 4.78 is 2.41. The Morgan fingerprint density at radius 2 is 0.898 bits per heavy atom. The van der Waals surface area contributed by atoms with Crippen LogP contribution in [0.1, 0.15) is 22.8 Å². The van der Waals surface area contributed by atoms with Gasteiger partial charge in [-0.2, -0.15) is 0 Å². The molecule has 0 fully saturated rings. The molecular formula is C44H30LiN4. The second-order valence-corrected chi connectivity index (χ2v) is 12.0. The van der Waals surface area contributed by atoms with Gasteiger partial charge < -0.3 is 9.55 Å². The van der Waals surface area contributed by atoms with Crippen LogP contribution < -0.4 is 0 Å². The van der Waals surface area contributed by atoms with Gasteiger partial charge in [-0.05, 0) is 83.5 Å². The fourth-order valence-electron chi connectivity index (χ4n) is 6.81. The van der Waals surface area contributed by atoms with Crippen LogP contribution in [0.2, 0.25) is 0 Å². The Morgan fingerprint density at radius 1 is 0.429 bits per heavy atom. The summed E-state index contributed by atoms with van der Waals surface area (Å²) in [5.41, 5.74) is 15.4. The van der Waals surface area contributed by atoms with Crippen LogP contribution in [-0.2, 0) is 0 Å². The summed E-state index contributed by atoms with van der Waals surface area (Å²) in [4.78, 5) is 13.9. The maximum atomic E-state index is 5.29. The van der Waals surface area contributed by atoms with E-state index in [4.69, 9.17) is 9.97 Å². The second-order valence-electron chi connectivity index (χ2n) is 12.0. The van der Waals surface area contributed by atoms with Gasteiger partial charge in [0.15, 0.2) is 0 Å². The van der Waals surface area contributed by atoms with Gasteiger partial charge in [-0.15, -0.1) is 0 Å². The molecule has 3 aromatic heterocycles. The molecule has 2 aliphatic heterocycles. The van der Waals surface area contributed by atoms with Crippen molar-refractivity contribution in [2.45, 2.75) is 0 Å². The summed E-state index contributed by atoms with van der Waals surface area (Å²) in [5, 5.41) is 0. The summed E-state index contributed by atoms with van der Waals surface area (Å²) in [6, 6.07) is 53.3. The van der Waals surface area contributed by atoms with Crippen molar-refractivity contribution in [2.75, 3.05) is 0 Å². The van der Waals surface area contributed by atoms with Crippen molar-refractivity contribution in [1.82, 2.24) is 19.5 Å². The molecule has 9 rings (SSSR count). The standard InChI is InChI=1S/C44H30N4.Li/c1-5-13-30(14-6-1)41-39-26-25-36(47-39)28-35-22-21-33(45-35)27-34-23-24-37(46-34)29-40-42(31-15-7-2-8-16-31)43(32-17-9-3-10-18-32)44(41)48(40)38-19-11-4-12-20-38;/h1-29,45H;. The molecule has 0 spiro atoms. The summed E-state index contributed by atoms with van der Waals surface area (Å²) in [6.07, 6.45) is 8.44. The van der Waals surface area contributed by atoms with Crippen molar-refractivity contribution >= 4 is 65.2 Å². The van der Waals surface area contributed by atoms with E-state index in [1.54, 1.807) is 0 Å². The minimum absolute atomic E-state index is 0. The van der Waals surface area contributed by atoms with E-state index >= 15 is 0 Å². The molecule has 49 heavy (non-hydrogen) atoms. The zero-order chi connectivity index (χ0) is 31.9. The third-order valence-electron chi connectivity index (χ3n) is 8.87. The minimum atomic E-state index is 0. The SMILES string of the molecule is C1=Cc2cc3c(-c4ccccc4)c(-c4ccccc4)c(c(-c4ccccc4)c4nc(cc5ccc(cc1n2)[nH]5)C=C4)n3-c1ccccc1.[Li]. The fraction of sp³-hybridized carbons (Fsp3) is 0. The van der Waals surface area contributed by atoms with E-state index in [-0.39, 0.29) is 18.9 Å². The predicted octanol–water partition coefficient (Wildman–Crippen LogP) is 10.7. The molecule has 227 valence electrons. The number of benzene rings is 4. The third kappa shape index (κ3) is 5.68. The number of nitrogens with one attached hydrogen (secondary N) is 1. The zero-order valence-electron chi connectivity index (χ0n) is 27.1. The summed E-state index contributed by atoms with van der Waals surface area (Å²) in [7, 11) is 0. The van der Waals surface area contributed by atoms with Crippen LogP contribution in [0.25, 0.3) is 85.4 Å². The van der Waals surface area contributed by atoms with E-state index in [9.17, 15) is 0 Å². The van der Waals surface area contributed by atoms with Crippen LogP contribution in [0, 0.1) is 0 Å². The smallest absolute Gasteiger partial charge is 0.0737 e. The molecule has 2 aliphatic rings. The van der Waals surface area contributed by atoms with Crippen molar-refractivity contribution in [3.05, 3.63) is 174 Å². The quantitative estimate of drug-likeness (QED) is 0.199. The van der Waals surface area contributed by atoms with Crippen LogP contribution in [0.5, 0.6) is 0 Å². The van der Waals surface area contributed by atoms with Crippen LogP contribution >= 0.6 is 0 Å². The van der Waals surface area contributed by atoms with E-state index < -0.39 is 0 Å². The number of aromatic amines is 1. The van der Waals surface area contributed by atoms with Crippen molar-refractivity contribution in [1.29, 1.82) is 0 Å². The van der Waals surface area contributed by atoms with Gasteiger partial charge in [-0.1, -0.05) is 109 Å². The van der Waals surface area contributed by atoms with Crippen molar-refractivity contribution in [3.8, 4) is 39.1 Å². The molecule has 1 radical (unpaired) electrons. The number of rotatable bonds is 4. The number of H-pyrrole nitrogens is 1. The van der Waals surface area contributed by atoms with Crippen LogP contribution in [0.4, 0.5) is 0 Å². The monoisotopic (exact) mass is 621 g/mol. The molecular weight excluding hydrogens is 591 g/mol. The minimum Gasteiger partial charge on any atom is -0.355 e. The third-order valence-corrected chi connectivity index (χ3v) is 8.87. The zero-order valence-corrected chi connectivity index (χ0v) is 27.1. The molecule has 8 bridgehead atoms. The molecule has 0 amide bonds. The number of hydrogen-bond acceptors (Lipinski definition) is 2. The molecule has 4 aromatic carbocycles. The Kier molecular flexibility index (Phi) is 8.03. The second kappa shape index (κ2) is 12.9. The summed E-state index contributed by atoms with van der Waals surface area (Å²) in [6.45, 7) is 0. The first kappa shape index (κ1) is 30.4. The first-order valence-corrected chi connectivity index (χ1v) is 16.2. The first-order chi connectivity index (χ1) is 23.8. The number of aromatic nitrogens is 4. The molecule has 0 atom stereocenters. The predicted molar refractivity (Wildman–Crippen MR) is 206 cm³/mol. The number of fused-ring (bicyclic) bond motifs is 8. The van der Waals surface area contributed by atoms with Gasteiger partial charge in [-0.3, -0.25) is 0 Å². The number of para-hydroxylation sites is 1. The van der Waals surface area contributed by atoms with Gasteiger partial charge in [0.1, 0.15) is 0 Å². The first-order valence-electron chi connectivity index (χ1n) is 16.2. The number of nitrogens with zero attached hydrogens (tertiary/aromatic N) is 3. The van der Waals surface area contributed by atoms with Gasteiger partial charge >= 0.3 is 0 Å². The summed E-state index contributed by atoms with van der Waals surface area (Å²) in [5.74, 6) is 0. The van der Waals surface area contributed by atoms with Crippen LogP contribution in [-0.4, -0.2) is 38.4 Å². The van der Waals surface area contributed by atoms with E-state index in [2.05, 4.69) is 186 Å². The maximum Gasteiger partial charge on any atom is 0.0737 e. The van der Waals surface area contributed by atoms with Gasteiger partial charge in [0.25, 0.3) is 0 Å². The largest absolute Gasteiger partial charge is 0.355 e. The van der Waals surface area contributed by atoms with Gasteiger partial charge in [0, 0.05) is 52.3 Å². The van der Waals surface area contributed by atoms with Crippen molar-refractivity contribution in [3.63, 3.8) is 0 Å². The van der Waals surface area contributed by atoms with Gasteiger partial charge in [-0.25, -0.2) is 9.97 Å². The van der Waals surface area contributed by atoms with Crippen molar-refractivity contribution in [2.24, 2.45) is 0 Å². The summed E-state index contributed by atoms with van der Waals surface area (Å²) >= 11 is 0. The molecule has 7 aromatic rings. The Bertz CT molecular complexity index is 2530. The fourth-order valence-corrected chi connectivity index (χ4v) is 6.81. The maximum absolute atomic E-state index is 5.29.